The lowest BCUT2D eigenvalue weighted by atomic mass is 9.81. The average Bonchev–Trinajstić information content (AvgIpc) is 2.40. The van der Waals surface area contributed by atoms with Gasteiger partial charge in [-0.1, -0.05) is 28.9 Å². The summed E-state index contributed by atoms with van der Waals surface area (Å²) in [5.41, 5.74) is 2.08. The number of carbonyl (C=O) groups is 1. The van der Waals surface area contributed by atoms with Crippen LogP contribution in [0.3, 0.4) is 0 Å². The first-order chi connectivity index (χ1) is 9.00. The van der Waals surface area contributed by atoms with Crippen molar-refractivity contribution >= 4 is 34.2 Å². The molecule has 2 rings (SSSR count). The molecule has 3 nitrogen and oxygen atoms in total. The first kappa shape index (κ1) is 17.5. The van der Waals surface area contributed by atoms with Crippen LogP contribution < -0.4 is 10.6 Å². The van der Waals surface area contributed by atoms with Crippen LogP contribution in [0.4, 0.5) is 0 Å². The topological polar surface area (TPSA) is 41.1 Å². The van der Waals surface area contributed by atoms with Gasteiger partial charge in [-0.3, -0.25) is 4.79 Å². The number of piperidine rings is 1. The van der Waals surface area contributed by atoms with Gasteiger partial charge in [0.1, 0.15) is 0 Å². The van der Waals surface area contributed by atoms with E-state index in [0.717, 1.165) is 48.1 Å². The van der Waals surface area contributed by atoms with Crippen LogP contribution in [0, 0.1) is 12.3 Å². The third kappa shape index (κ3) is 4.47. The number of halogens is 2. The highest BCUT2D eigenvalue weighted by Crippen LogP contribution is 2.26. The molecule has 1 heterocycles. The molecule has 1 aromatic rings. The van der Waals surface area contributed by atoms with Gasteiger partial charge in [-0.05, 0) is 56.0 Å². The molecule has 20 heavy (non-hydrogen) atoms. The Morgan fingerprint density at radius 1 is 1.40 bits per heavy atom. The van der Waals surface area contributed by atoms with E-state index >= 15 is 0 Å². The molecule has 0 aliphatic carbocycles. The van der Waals surface area contributed by atoms with E-state index < -0.39 is 0 Å². The van der Waals surface area contributed by atoms with Crippen molar-refractivity contribution in [2.75, 3.05) is 19.6 Å². The number of rotatable bonds is 3. The van der Waals surface area contributed by atoms with E-state index in [0.29, 0.717) is 0 Å². The quantitative estimate of drug-likeness (QED) is 0.867. The zero-order chi connectivity index (χ0) is 13.9. The maximum Gasteiger partial charge on any atom is 0.251 e. The van der Waals surface area contributed by atoms with Crippen molar-refractivity contribution in [3.63, 3.8) is 0 Å². The smallest absolute Gasteiger partial charge is 0.251 e. The molecule has 0 spiro atoms. The first-order valence-electron chi connectivity index (χ1n) is 6.75. The van der Waals surface area contributed by atoms with E-state index in [1.807, 2.05) is 25.1 Å². The monoisotopic (exact) mass is 360 g/mol. The third-order valence-electron chi connectivity index (χ3n) is 3.92. The fourth-order valence-electron chi connectivity index (χ4n) is 2.34. The number of nitrogens with one attached hydrogen (secondary N) is 2. The second-order valence-electron chi connectivity index (χ2n) is 5.71. The Labute approximate surface area is 135 Å². The van der Waals surface area contributed by atoms with Gasteiger partial charge in [0.2, 0.25) is 0 Å². The second kappa shape index (κ2) is 7.43. The Morgan fingerprint density at radius 2 is 2.05 bits per heavy atom. The van der Waals surface area contributed by atoms with E-state index in [2.05, 4.69) is 33.5 Å². The normalized spacial score (nSPS) is 17.1. The second-order valence-corrected chi connectivity index (χ2v) is 6.56. The van der Waals surface area contributed by atoms with Crippen molar-refractivity contribution < 1.29 is 4.79 Å². The van der Waals surface area contributed by atoms with Crippen LogP contribution in [0.5, 0.6) is 0 Å². The summed E-state index contributed by atoms with van der Waals surface area (Å²) in [6.45, 7) is 7.10. The van der Waals surface area contributed by atoms with E-state index in [9.17, 15) is 4.79 Å². The summed E-state index contributed by atoms with van der Waals surface area (Å²) in [4.78, 5) is 12.1. The van der Waals surface area contributed by atoms with Crippen LogP contribution in [-0.4, -0.2) is 25.5 Å². The molecule has 1 aliphatic rings. The van der Waals surface area contributed by atoms with Gasteiger partial charge >= 0.3 is 0 Å². The van der Waals surface area contributed by atoms with E-state index in [1.165, 1.54) is 0 Å². The molecule has 112 valence electrons. The summed E-state index contributed by atoms with van der Waals surface area (Å²) in [5.74, 6) is 0.0143. The van der Waals surface area contributed by atoms with Gasteiger partial charge in [-0.15, -0.1) is 12.4 Å². The molecule has 0 radical (unpaired) electrons. The molecule has 0 aromatic heterocycles. The number of aryl methyl sites for hydroxylation is 1. The summed E-state index contributed by atoms with van der Waals surface area (Å²) >= 11 is 3.46. The predicted octanol–water partition coefficient (Wildman–Crippen LogP) is 3.30. The van der Waals surface area contributed by atoms with Crippen LogP contribution in [0.2, 0.25) is 0 Å². The summed E-state index contributed by atoms with van der Waals surface area (Å²) in [6, 6.07) is 5.72. The molecule has 0 saturated carbocycles. The minimum absolute atomic E-state index is 0. The molecule has 1 aliphatic heterocycles. The van der Waals surface area contributed by atoms with Crippen LogP contribution >= 0.6 is 28.3 Å². The maximum absolute atomic E-state index is 12.1. The highest BCUT2D eigenvalue weighted by Gasteiger charge is 2.27. The lowest BCUT2D eigenvalue weighted by Gasteiger charge is -2.34. The summed E-state index contributed by atoms with van der Waals surface area (Å²) in [7, 11) is 0. The van der Waals surface area contributed by atoms with Crippen molar-refractivity contribution in [1.29, 1.82) is 0 Å². The summed E-state index contributed by atoms with van der Waals surface area (Å²) < 4.78 is 0.980. The molecule has 0 unspecified atom stereocenters. The fraction of sp³-hybridized carbons (Fsp3) is 0.533. The van der Waals surface area contributed by atoms with Gasteiger partial charge in [0.15, 0.2) is 0 Å². The Kier molecular flexibility index (Phi) is 6.49. The van der Waals surface area contributed by atoms with Crippen LogP contribution in [0.25, 0.3) is 0 Å². The van der Waals surface area contributed by atoms with Gasteiger partial charge in [0, 0.05) is 16.6 Å². The van der Waals surface area contributed by atoms with Crippen LogP contribution in [0.1, 0.15) is 35.7 Å². The number of carbonyl (C=O) groups excluding carboxylic acids is 1. The van der Waals surface area contributed by atoms with Crippen LogP contribution in [0.15, 0.2) is 22.7 Å². The summed E-state index contributed by atoms with van der Waals surface area (Å²) in [6.07, 6.45) is 2.23. The van der Waals surface area contributed by atoms with Gasteiger partial charge in [0.25, 0.3) is 5.91 Å². The number of amides is 1. The predicted molar refractivity (Wildman–Crippen MR) is 88.7 cm³/mol. The standard InChI is InChI=1S/C15H21BrN2O.ClH/c1-11-3-4-12(9-13(11)16)14(19)18-10-15(2)5-7-17-8-6-15;/h3-4,9,17H,5-8,10H2,1-2H3,(H,18,19);1H. The zero-order valence-corrected chi connectivity index (χ0v) is 14.4. The van der Waals surface area contributed by atoms with E-state index in [4.69, 9.17) is 0 Å². The molecular weight excluding hydrogens is 340 g/mol. The molecule has 1 aromatic carbocycles. The Balaban J connectivity index is 0.00000200. The Morgan fingerprint density at radius 3 is 2.65 bits per heavy atom. The summed E-state index contributed by atoms with van der Waals surface area (Å²) in [5, 5.41) is 6.42. The first-order valence-corrected chi connectivity index (χ1v) is 7.55. The fourth-order valence-corrected chi connectivity index (χ4v) is 2.72. The average molecular weight is 362 g/mol. The molecule has 1 amide bonds. The molecule has 0 bridgehead atoms. The van der Waals surface area contributed by atoms with Crippen molar-refractivity contribution in [1.82, 2.24) is 10.6 Å². The van der Waals surface area contributed by atoms with Gasteiger partial charge in [-0.25, -0.2) is 0 Å². The molecule has 1 saturated heterocycles. The maximum atomic E-state index is 12.1. The Bertz CT molecular complexity index is 473. The van der Waals surface area contributed by atoms with E-state index in [1.54, 1.807) is 0 Å². The lowest BCUT2D eigenvalue weighted by Crippen LogP contribution is -2.42. The number of hydrogen-bond donors (Lipinski definition) is 2. The van der Waals surface area contributed by atoms with Gasteiger partial charge in [-0.2, -0.15) is 0 Å². The van der Waals surface area contributed by atoms with Crippen molar-refractivity contribution in [3.05, 3.63) is 33.8 Å². The molecule has 2 N–H and O–H groups in total. The largest absolute Gasteiger partial charge is 0.351 e. The molecule has 0 atom stereocenters. The molecular formula is C15H22BrClN2O. The Hall–Kier alpha value is -0.580. The van der Waals surface area contributed by atoms with Gasteiger partial charge in [0.05, 0.1) is 0 Å². The van der Waals surface area contributed by atoms with Crippen molar-refractivity contribution in [2.24, 2.45) is 5.41 Å². The third-order valence-corrected chi connectivity index (χ3v) is 4.77. The van der Waals surface area contributed by atoms with Crippen LogP contribution in [-0.2, 0) is 0 Å². The van der Waals surface area contributed by atoms with Crippen molar-refractivity contribution in [2.45, 2.75) is 26.7 Å². The van der Waals surface area contributed by atoms with Gasteiger partial charge < -0.3 is 10.6 Å². The number of benzene rings is 1. The minimum Gasteiger partial charge on any atom is -0.351 e. The highest BCUT2D eigenvalue weighted by molar-refractivity contribution is 9.10. The van der Waals surface area contributed by atoms with E-state index in [-0.39, 0.29) is 23.7 Å². The zero-order valence-electron chi connectivity index (χ0n) is 12.0. The minimum atomic E-state index is 0. The SMILES string of the molecule is Cc1ccc(C(=O)NCC2(C)CCNCC2)cc1Br.Cl. The number of hydrogen-bond acceptors (Lipinski definition) is 2. The highest BCUT2D eigenvalue weighted by atomic mass is 79.9. The molecule has 1 fully saturated rings. The van der Waals surface area contributed by atoms with Crippen molar-refractivity contribution in [3.8, 4) is 0 Å². The lowest BCUT2D eigenvalue weighted by molar-refractivity contribution is 0.0922. The molecule has 5 heteroatoms.